The molecule has 0 aliphatic carbocycles. The van der Waals surface area contributed by atoms with Crippen LogP contribution in [0.25, 0.3) is 5.52 Å². The number of aromatic amines is 1. The number of nitrogens with zero attached hydrogens (tertiary/aromatic N) is 3. The number of pyridine rings is 1. The number of aliphatic carboxylic acids is 1. The molecule has 8 nitrogen and oxygen atoms in total. The number of carbonyl (C=O) groups excluding carboxylic acids is 1. The van der Waals surface area contributed by atoms with Gasteiger partial charge in [-0.25, -0.2) is 14.3 Å². The van der Waals surface area contributed by atoms with Gasteiger partial charge in [-0.15, -0.1) is 0 Å². The van der Waals surface area contributed by atoms with E-state index in [1.54, 1.807) is 10.7 Å². The number of carbonyl (C=O) groups is 2. The van der Waals surface area contributed by atoms with Gasteiger partial charge in [0.15, 0.2) is 0 Å². The number of aryl methyl sites for hydroxylation is 2. The molecule has 3 N–H and O–H groups in total. The summed E-state index contributed by atoms with van der Waals surface area (Å²) in [5, 5.41) is 14.2. The Kier molecular flexibility index (Phi) is 6.44. The van der Waals surface area contributed by atoms with Gasteiger partial charge in [-0.2, -0.15) is 18.3 Å². The van der Waals surface area contributed by atoms with Crippen molar-refractivity contribution < 1.29 is 27.9 Å². The Morgan fingerprint density at radius 3 is 2.50 bits per heavy atom. The first kappa shape index (κ1) is 21.4. The van der Waals surface area contributed by atoms with Crippen LogP contribution in [0.1, 0.15) is 27.6 Å². The molecule has 0 bridgehead atoms. The van der Waals surface area contributed by atoms with Gasteiger partial charge in [-0.1, -0.05) is 6.07 Å². The van der Waals surface area contributed by atoms with Gasteiger partial charge in [0.05, 0.1) is 29.5 Å². The number of fused-ring (bicyclic) bond motifs is 1. The van der Waals surface area contributed by atoms with Gasteiger partial charge >= 0.3 is 12.1 Å². The number of imidazole rings is 1. The van der Waals surface area contributed by atoms with Crippen molar-refractivity contribution >= 4 is 33.3 Å². The van der Waals surface area contributed by atoms with E-state index in [1.807, 2.05) is 32.0 Å². The molecule has 0 saturated carbocycles. The molecule has 28 heavy (non-hydrogen) atoms. The van der Waals surface area contributed by atoms with Gasteiger partial charge in [-0.05, 0) is 41.9 Å². The number of amides is 1. The molecule has 1 amide bonds. The van der Waals surface area contributed by atoms with E-state index in [0.29, 0.717) is 12.1 Å². The zero-order valence-electron chi connectivity index (χ0n) is 14.6. The molecule has 0 aromatic carbocycles. The average molecular weight is 462 g/mol. The highest BCUT2D eigenvalue weighted by molar-refractivity contribution is 9.10. The Bertz CT molecular complexity index is 993. The summed E-state index contributed by atoms with van der Waals surface area (Å²) in [6.45, 7) is 4.25. The fourth-order valence-electron chi connectivity index (χ4n) is 2.12. The normalized spacial score (nSPS) is 11.1. The largest absolute Gasteiger partial charge is 0.490 e. The van der Waals surface area contributed by atoms with E-state index in [1.165, 1.54) is 0 Å². The van der Waals surface area contributed by atoms with Crippen LogP contribution in [-0.2, 0) is 11.3 Å². The van der Waals surface area contributed by atoms with Crippen LogP contribution >= 0.6 is 15.9 Å². The highest BCUT2D eigenvalue weighted by Crippen LogP contribution is 2.16. The number of rotatable bonds is 3. The van der Waals surface area contributed by atoms with E-state index in [4.69, 9.17) is 9.90 Å². The second-order valence-electron chi connectivity index (χ2n) is 5.58. The Labute approximate surface area is 164 Å². The zero-order chi connectivity index (χ0) is 21.1. The molecule has 3 aromatic rings. The van der Waals surface area contributed by atoms with E-state index >= 15 is 0 Å². The van der Waals surface area contributed by atoms with Crippen LogP contribution in [0, 0.1) is 13.8 Å². The molecule has 0 fully saturated rings. The van der Waals surface area contributed by atoms with E-state index in [2.05, 4.69) is 36.3 Å². The summed E-state index contributed by atoms with van der Waals surface area (Å²) in [7, 11) is 0. The summed E-state index contributed by atoms with van der Waals surface area (Å²) >= 11 is 3.40. The first-order chi connectivity index (χ1) is 13.0. The van der Waals surface area contributed by atoms with Gasteiger partial charge in [-0.3, -0.25) is 4.79 Å². The van der Waals surface area contributed by atoms with Crippen molar-refractivity contribution in [3.63, 3.8) is 0 Å². The van der Waals surface area contributed by atoms with Crippen LogP contribution in [0.5, 0.6) is 0 Å². The summed E-state index contributed by atoms with van der Waals surface area (Å²) < 4.78 is 34.2. The van der Waals surface area contributed by atoms with Crippen LogP contribution in [0.2, 0.25) is 0 Å². The highest BCUT2D eigenvalue weighted by atomic mass is 79.9. The van der Waals surface area contributed by atoms with Gasteiger partial charge in [0.2, 0.25) is 0 Å². The second-order valence-corrected chi connectivity index (χ2v) is 6.40. The molecule has 0 saturated heterocycles. The van der Waals surface area contributed by atoms with Crippen LogP contribution < -0.4 is 5.32 Å². The standard InChI is InChI=1S/C14H14BrN5O.C2HF3O2/c1-8-9(2)19-13(18-8)7-16-14(21)10-6-17-20-11(10)4-3-5-12(20)15;3-2(4,5)1(6)7/h3-6H,7H2,1-2H3,(H,16,21)(H,18,19);(H,6,7). The Hall–Kier alpha value is -2.89. The van der Waals surface area contributed by atoms with E-state index in [9.17, 15) is 18.0 Å². The van der Waals surface area contributed by atoms with Crippen molar-refractivity contribution in [2.75, 3.05) is 0 Å². The van der Waals surface area contributed by atoms with Crippen LogP contribution in [0.15, 0.2) is 29.0 Å². The van der Waals surface area contributed by atoms with E-state index in [-0.39, 0.29) is 5.91 Å². The monoisotopic (exact) mass is 461 g/mol. The number of hydrogen-bond acceptors (Lipinski definition) is 4. The molecule has 0 atom stereocenters. The molecule has 3 aromatic heterocycles. The summed E-state index contributed by atoms with van der Waals surface area (Å²) in [5.41, 5.74) is 3.25. The minimum atomic E-state index is -5.08. The SMILES string of the molecule is Cc1nc(CNC(=O)c2cnn3c(Br)cccc23)[nH]c1C.O=C(O)C(F)(F)F. The number of H-pyrrole nitrogens is 1. The maximum atomic E-state index is 12.3. The molecular formula is C16H15BrF3N5O3. The molecule has 0 aliphatic rings. The van der Waals surface area contributed by atoms with Gasteiger partial charge < -0.3 is 15.4 Å². The Morgan fingerprint density at radius 1 is 1.32 bits per heavy atom. The smallest absolute Gasteiger partial charge is 0.475 e. The van der Waals surface area contributed by atoms with Gasteiger partial charge in [0, 0.05) is 5.69 Å². The summed E-state index contributed by atoms with van der Waals surface area (Å²) in [4.78, 5) is 28.6. The molecule has 3 rings (SSSR count). The Morgan fingerprint density at radius 2 is 1.96 bits per heavy atom. The van der Waals surface area contributed by atoms with Gasteiger partial charge in [0.1, 0.15) is 10.4 Å². The molecule has 0 radical (unpaired) electrons. The lowest BCUT2D eigenvalue weighted by molar-refractivity contribution is -0.192. The molecular weight excluding hydrogens is 447 g/mol. The quantitative estimate of drug-likeness (QED) is 0.519. The third kappa shape index (κ3) is 5.09. The molecule has 0 spiro atoms. The number of carboxylic acid groups (broad SMARTS) is 1. The number of halogens is 4. The highest BCUT2D eigenvalue weighted by Gasteiger charge is 2.38. The summed E-state index contributed by atoms with van der Waals surface area (Å²) in [5.74, 6) is -2.18. The fraction of sp³-hybridized carbons (Fsp3) is 0.250. The zero-order valence-corrected chi connectivity index (χ0v) is 16.2. The third-order valence-electron chi connectivity index (χ3n) is 3.58. The molecule has 3 heterocycles. The van der Waals surface area contributed by atoms with Crippen molar-refractivity contribution in [1.82, 2.24) is 24.9 Å². The van der Waals surface area contributed by atoms with Gasteiger partial charge in [0.25, 0.3) is 5.91 Å². The fourth-order valence-corrected chi connectivity index (χ4v) is 2.55. The lowest BCUT2D eigenvalue weighted by Crippen LogP contribution is -2.23. The maximum absolute atomic E-state index is 12.3. The van der Waals surface area contributed by atoms with E-state index in [0.717, 1.165) is 27.3 Å². The Balaban J connectivity index is 0.000000345. The molecule has 0 unspecified atom stereocenters. The number of alkyl halides is 3. The lowest BCUT2D eigenvalue weighted by atomic mass is 10.2. The molecule has 12 heteroatoms. The van der Waals surface area contributed by atoms with Crippen molar-refractivity contribution in [3.05, 3.63) is 51.8 Å². The molecule has 150 valence electrons. The van der Waals surface area contributed by atoms with Crippen LogP contribution in [-0.4, -0.2) is 42.7 Å². The number of carboxylic acids is 1. The molecule has 0 aliphatic heterocycles. The second kappa shape index (κ2) is 8.42. The third-order valence-corrected chi connectivity index (χ3v) is 4.18. The lowest BCUT2D eigenvalue weighted by Gasteiger charge is -2.02. The number of nitrogens with one attached hydrogen (secondary N) is 2. The number of aromatic nitrogens is 4. The van der Waals surface area contributed by atoms with E-state index < -0.39 is 12.1 Å². The average Bonchev–Trinajstić information content (AvgIpc) is 3.17. The van der Waals surface area contributed by atoms with Crippen molar-refractivity contribution in [2.24, 2.45) is 0 Å². The van der Waals surface area contributed by atoms with Crippen molar-refractivity contribution in [1.29, 1.82) is 0 Å². The minimum absolute atomic E-state index is 0.171. The van der Waals surface area contributed by atoms with Crippen LogP contribution in [0.4, 0.5) is 13.2 Å². The first-order valence-electron chi connectivity index (χ1n) is 7.73. The number of hydrogen-bond donors (Lipinski definition) is 3. The first-order valence-corrected chi connectivity index (χ1v) is 8.52. The van der Waals surface area contributed by atoms with Crippen molar-refractivity contribution in [2.45, 2.75) is 26.6 Å². The predicted octanol–water partition coefficient (Wildman–Crippen LogP) is 3.00. The minimum Gasteiger partial charge on any atom is -0.475 e. The predicted molar refractivity (Wildman–Crippen MR) is 95.8 cm³/mol. The summed E-state index contributed by atoms with van der Waals surface area (Å²) in [6, 6.07) is 5.60. The summed E-state index contributed by atoms with van der Waals surface area (Å²) in [6.07, 6.45) is -3.52. The topological polar surface area (TPSA) is 112 Å². The van der Waals surface area contributed by atoms with Crippen LogP contribution in [0.3, 0.4) is 0 Å². The van der Waals surface area contributed by atoms with Crippen molar-refractivity contribution in [3.8, 4) is 0 Å². The maximum Gasteiger partial charge on any atom is 0.490 e.